The van der Waals surface area contributed by atoms with E-state index < -0.39 is 0 Å². The summed E-state index contributed by atoms with van der Waals surface area (Å²) >= 11 is 0. The number of nitrogens with one attached hydrogen (secondary N) is 1. The van der Waals surface area contributed by atoms with E-state index >= 15 is 0 Å². The van der Waals surface area contributed by atoms with Crippen molar-refractivity contribution in [1.29, 1.82) is 0 Å². The van der Waals surface area contributed by atoms with E-state index in [1.54, 1.807) is 7.11 Å². The SMILES string of the molecule is COCCNC(=O)CCc1c(C)n(Cc2ccccc2)c2nc(-c3ccccc3)nn2c1=O. The van der Waals surface area contributed by atoms with Crippen LogP contribution in [-0.4, -0.2) is 45.3 Å². The van der Waals surface area contributed by atoms with Crippen LogP contribution in [0.3, 0.4) is 0 Å². The molecule has 0 bridgehead atoms. The molecule has 8 nitrogen and oxygen atoms in total. The Bertz CT molecular complexity index is 1300. The summed E-state index contributed by atoms with van der Waals surface area (Å²) in [5.74, 6) is 0.848. The predicted molar refractivity (Wildman–Crippen MR) is 126 cm³/mol. The lowest BCUT2D eigenvalue weighted by atomic mass is 10.1. The first kappa shape index (κ1) is 22.4. The molecule has 2 aromatic carbocycles. The van der Waals surface area contributed by atoms with Crippen LogP contribution in [-0.2, 0) is 22.5 Å². The van der Waals surface area contributed by atoms with Gasteiger partial charge in [-0.25, -0.2) is 0 Å². The van der Waals surface area contributed by atoms with Gasteiger partial charge in [0.1, 0.15) is 0 Å². The third-order valence-electron chi connectivity index (χ3n) is 5.57. The van der Waals surface area contributed by atoms with Crippen molar-refractivity contribution in [3.8, 4) is 11.4 Å². The van der Waals surface area contributed by atoms with Gasteiger partial charge in [-0.3, -0.25) is 9.59 Å². The van der Waals surface area contributed by atoms with Crippen molar-refractivity contribution in [2.24, 2.45) is 0 Å². The van der Waals surface area contributed by atoms with Gasteiger partial charge < -0.3 is 14.6 Å². The largest absolute Gasteiger partial charge is 0.383 e. The molecule has 2 aromatic heterocycles. The number of aromatic nitrogens is 4. The number of hydrogen-bond donors (Lipinski definition) is 1. The Labute approximate surface area is 191 Å². The first-order chi connectivity index (χ1) is 16.1. The second-order valence-corrected chi connectivity index (χ2v) is 7.80. The van der Waals surface area contributed by atoms with E-state index in [2.05, 4.69) is 10.4 Å². The van der Waals surface area contributed by atoms with E-state index in [1.165, 1.54) is 4.52 Å². The number of carbonyl (C=O) groups is 1. The number of fused-ring (bicyclic) bond motifs is 1. The first-order valence-corrected chi connectivity index (χ1v) is 10.9. The Balaban J connectivity index is 1.76. The zero-order valence-corrected chi connectivity index (χ0v) is 18.8. The van der Waals surface area contributed by atoms with Crippen LogP contribution in [0, 0.1) is 6.92 Å². The minimum absolute atomic E-state index is 0.121. The van der Waals surface area contributed by atoms with Crippen LogP contribution in [0.25, 0.3) is 17.2 Å². The molecule has 0 spiro atoms. The lowest BCUT2D eigenvalue weighted by molar-refractivity contribution is -0.121. The van der Waals surface area contributed by atoms with Gasteiger partial charge in [-0.15, -0.1) is 5.10 Å². The lowest BCUT2D eigenvalue weighted by Crippen LogP contribution is -2.30. The number of hydrogen-bond acceptors (Lipinski definition) is 5. The van der Waals surface area contributed by atoms with Crippen molar-refractivity contribution in [3.63, 3.8) is 0 Å². The van der Waals surface area contributed by atoms with Gasteiger partial charge in [0.05, 0.1) is 13.2 Å². The second-order valence-electron chi connectivity index (χ2n) is 7.80. The molecule has 1 amide bonds. The normalized spacial score (nSPS) is 11.1. The molecule has 0 atom stereocenters. The maximum absolute atomic E-state index is 13.4. The fourth-order valence-electron chi connectivity index (χ4n) is 3.78. The van der Waals surface area contributed by atoms with E-state index in [4.69, 9.17) is 9.72 Å². The first-order valence-electron chi connectivity index (χ1n) is 10.9. The molecule has 0 aliphatic heterocycles. The zero-order valence-electron chi connectivity index (χ0n) is 18.8. The van der Waals surface area contributed by atoms with Crippen LogP contribution in [0.4, 0.5) is 0 Å². The maximum atomic E-state index is 13.4. The number of rotatable bonds is 9. The van der Waals surface area contributed by atoms with Gasteiger partial charge in [0.2, 0.25) is 11.7 Å². The van der Waals surface area contributed by atoms with Crippen molar-refractivity contribution in [2.75, 3.05) is 20.3 Å². The molecular weight excluding hydrogens is 418 g/mol. The second kappa shape index (κ2) is 10.2. The Hall–Kier alpha value is -3.78. The highest BCUT2D eigenvalue weighted by Gasteiger charge is 2.19. The molecule has 4 aromatic rings. The summed E-state index contributed by atoms with van der Waals surface area (Å²) in [5.41, 5.74) is 3.02. The van der Waals surface area contributed by atoms with Crippen molar-refractivity contribution in [2.45, 2.75) is 26.3 Å². The number of benzene rings is 2. The van der Waals surface area contributed by atoms with E-state index in [1.807, 2.05) is 72.2 Å². The number of nitrogens with zero attached hydrogens (tertiary/aromatic N) is 4. The topological polar surface area (TPSA) is 90.5 Å². The minimum atomic E-state index is -0.244. The van der Waals surface area contributed by atoms with E-state index in [-0.39, 0.29) is 17.9 Å². The van der Waals surface area contributed by atoms with Crippen molar-refractivity contribution in [3.05, 3.63) is 87.8 Å². The minimum Gasteiger partial charge on any atom is -0.383 e. The molecule has 0 aliphatic rings. The van der Waals surface area contributed by atoms with Crippen molar-refractivity contribution in [1.82, 2.24) is 24.5 Å². The Morgan fingerprint density at radius 1 is 1.06 bits per heavy atom. The Kier molecular flexibility index (Phi) is 6.95. The third-order valence-corrected chi connectivity index (χ3v) is 5.57. The molecule has 0 fully saturated rings. The van der Waals surface area contributed by atoms with E-state index in [0.717, 1.165) is 16.8 Å². The van der Waals surface area contributed by atoms with Crippen molar-refractivity contribution >= 4 is 11.7 Å². The number of methoxy groups -OCH3 is 1. The summed E-state index contributed by atoms with van der Waals surface area (Å²) in [6, 6.07) is 19.6. The summed E-state index contributed by atoms with van der Waals surface area (Å²) in [6.07, 6.45) is 0.519. The Morgan fingerprint density at radius 3 is 2.45 bits per heavy atom. The van der Waals surface area contributed by atoms with Gasteiger partial charge in [-0.1, -0.05) is 60.7 Å². The fourth-order valence-corrected chi connectivity index (χ4v) is 3.78. The summed E-state index contributed by atoms with van der Waals surface area (Å²) in [4.78, 5) is 30.3. The van der Waals surface area contributed by atoms with Crippen LogP contribution in [0.2, 0.25) is 0 Å². The monoisotopic (exact) mass is 445 g/mol. The molecule has 4 rings (SSSR count). The predicted octanol–water partition coefficient (Wildman–Crippen LogP) is 2.61. The molecular formula is C25H27N5O3. The molecule has 170 valence electrons. The number of ether oxygens (including phenoxy) is 1. The quantitative estimate of drug-likeness (QED) is 0.400. The Morgan fingerprint density at radius 2 is 1.76 bits per heavy atom. The molecule has 1 N–H and O–H groups in total. The molecule has 0 unspecified atom stereocenters. The van der Waals surface area contributed by atoms with Crippen LogP contribution in [0.15, 0.2) is 65.5 Å². The van der Waals surface area contributed by atoms with Gasteiger partial charge in [0.15, 0.2) is 5.82 Å². The molecule has 33 heavy (non-hydrogen) atoms. The average molecular weight is 446 g/mol. The van der Waals surface area contributed by atoms with Crippen LogP contribution < -0.4 is 10.9 Å². The maximum Gasteiger partial charge on any atom is 0.279 e. The van der Waals surface area contributed by atoms with E-state index in [9.17, 15) is 9.59 Å². The van der Waals surface area contributed by atoms with Gasteiger partial charge in [-0.05, 0) is 18.9 Å². The van der Waals surface area contributed by atoms with Gasteiger partial charge in [-0.2, -0.15) is 9.50 Å². The molecule has 0 saturated heterocycles. The molecule has 0 aliphatic carbocycles. The molecule has 2 heterocycles. The zero-order chi connectivity index (χ0) is 23.2. The van der Waals surface area contributed by atoms with E-state index in [0.29, 0.717) is 43.3 Å². The highest BCUT2D eigenvalue weighted by molar-refractivity contribution is 5.76. The highest BCUT2D eigenvalue weighted by atomic mass is 16.5. The van der Waals surface area contributed by atoms with Crippen LogP contribution >= 0.6 is 0 Å². The lowest BCUT2D eigenvalue weighted by Gasteiger charge is -2.15. The number of carbonyl (C=O) groups excluding carboxylic acids is 1. The van der Waals surface area contributed by atoms with Crippen LogP contribution in [0.5, 0.6) is 0 Å². The fraction of sp³-hybridized carbons (Fsp3) is 0.280. The van der Waals surface area contributed by atoms with Gasteiger partial charge >= 0.3 is 0 Å². The summed E-state index contributed by atoms with van der Waals surface area (Å²) in [5, 5.41) is 7.33. The summed E-state index contributed by atoms with van der Waals surface area (Å²) < 4.78 is 8.32. The smallest absolute Gasteiger partial charge is 0.279 e. The van der Waals surface area contributed by atoms with Gasteiger partial charge in [0, 0.05) is 36.9 Å². The highest BCUT2D eigenvalue weighted by Crippen LogP contribution is 2.18. The molecule has 0 saturated carbocycles. The van der Waals surface area contributed by atoms with Gasteiger partial charge in [0.25, 0.3) is 5.56 Å². The van der Waals surface area contributed by atoms with Crippen molar-refractivity contribution < 1.29 is 9.53 Å². The molecule has 0 radical (unpaired) electrons. The number of amides is 1. The summed E-state index contributed by atoms with van der Waals surface area (Å²) in [7, 11) is 1.59. The molecule has 8 heteroatoms. The third kappa shape index (κ3) is 5.01. The van der Waals surface area contributed by atoms with Crippen LogP contribution in [0.1, 0.15) is 23.2 Å². The standard InChI is InChI=1S/C25H27N5O3/c1-18-21(13-14-22(31)26-15-16-33-2)24(32)30-25(29(18)17-19-9-5-3-6-10-19)27-23(28-30)20-11-7-4-8-12-20/h3-12H,13-17H2,1-2H3,(H,26,31). The summed E-state index contributed by atoms with van der Waals surface area (Å²) in [6.45, 7) is 3.33. The average Bonchev–Trinajstić information content (AvgIpc) is 3.29.